The first-order valence-corrected chi connectivity index (χ1v) is 7.68. The van der Waals surface area contributed by atoms with E-state index in [0.29, 0.717) is 0 Å². The van der Waals surface area contributed by atoms with Crippen molar-refractivity contribution < 1.29 is 18.6 Å². The van der Waals surface area contributed by atoms with E-state index in [0.717, 1.165) is 5.56 Å². The number of hydrogen-bond donors (Lipinski definition) is 3. The molecule has 5 nitrogen and oxygen atoms in total. The summed E-state index contributed by atoms with van der Waals surface area (Å²) in [5.74, 6) is 0. The lowest BCUT2D eigenvalue weighted by molar-refractivity contribution is 0.105. The zero-order chi connectivity index (χ0) is 14.7. The van der Waals surface area contributed by atoms with Crippen LogP contribution in [-0.4, -0.2) is 37.4 Å². The molecule has 0 spiro atoms. The van der Waals surface area contributed by atoms with Crippen LogP contribution in [0.3, 0.4) is 0 Å². The summed E-state index contributed by atoms with van der Waals surface area (Å²) in [6, 6.07) is 4.57. The fourth-order valence-electron chi connectivity index (χ4n) is 1.57. The van der Waals surface area contributed by atoms with Crippen LogP contribution in [0.25, 0.3) is 0 Å². The van der Waals surface area contributed by atoms with Gasteiger partial charge in [-0.05, 0) is 31.0 Å². The third kappa shape index (κ3) is 3.67. The van der Waals surface area contributed by atoms with Gasteiger partial charge in [0, 0.05) is 0 Å². The number of aryl methyl sites for hydroxylation is 1. The lowest BCUT2D eigenvalue weighted by atomic mass is 10.0. The van der Waals surface area contributed by atoms with E-state index in [1.165, 1.54) is 6.07 Å². The molecule has 0 aliphatic carbocycles. The molecule has 0 fully saturated rings. The zero-order valence-electron chi connectivity index (χ0n) is 10.9. The van der Waals surface area contributed by atoms with Gasteiger partial charge in [-0.15, -0.1) is 0 Å². The van der Waals surface area contributed by atoms with Crippen molar-refractivity contribution in [2.24, 2.45) is 0 Å². The molecule has 0 radical (unpaired) electrons. The van der Waals surface area contributed by atoms with Crippen LogP contribution in [0.4, 0.5) is 0 Å². The Kier molecular flexibility index (Phi) is 5.34. The highest BCUT2D eigenvalue weighted by Crippen LogP contribution is 2.24. The number of aliphatic hydroxyl groups is 2. The maximum atomic E-state index is 12.2. The average Bonchev–Trinajstić information content (AvgIpc) is 2.35. The van der Waals surface area contributed by atoms with Crippen LogP contribution < -0.4 is 4.72 Å². The van der Waals surface area contributed by atoms with E-state index >= 15 is 0 Å². The van der Waals surface area contributed by atoms with Crippen LogP contribution in [-0.2, 0) is 10.0 Å². The Morgan fingerprint density at radius 3 is 2.32 bits per heavy atom. The van der Waals surface area contributed by atoms with E-state index in [1.54, 1.807) is 26.0 Å². The minimum Gasteiger partial charge on any atom is -0.394 e. The van der Waals surface area contributed by atoms with E-state index in [2.05, 4.69) is 4.72 Å². The van der Waals surface area contributed by atoms with Gasteiger partial charge in [0.15, 0.2) is 0 Å². The van der Waals surface area contributed by atoms with E-state index < -0.39 is 28.8 Å². The molecule has 3 N–H and O–H groups in total. The molecule has 1 aromatic rings. The summed E-state index contributed by atoms with van der Waals surface area (Å²) in [7, 11) is -3.90. The van der Waals surface area contributed by atoms with Gasteiger partial charge < -0.3 is 10.2 Å². The molecule has 0 unspecified atom stereocenters. The number of aliphatic hydroxyl groups excluding tert-OH is 2. The molecular weight excluding hydrogens is 290 g/mol. The highest BCUT2D eigenvalue weighted by atomic mass is 35.5. The van der Waals surface area contributed by atoms with Gasteiger partial charge in [0.05, 0.1) is 23.8 Å². The maximum absolute atomic E-state index is 12.2. The molecule has 19 heavy (non-hydrogen) atoms. The van der Waals surface area contributed by atoms with Gasteiger partial charge in [-0.1, -0.05) is 24.6 Å². The molecule has 7 heteroatoms. The van der Waals surface area contributed by atoms with Gasteiger partial charge in [-0.3, -0.25) is 0 Å². The summed E-state index contributed by atoms with van der Waals surface area (Å²) in [6.45, 7) is 2.48. The molecular formula is C12H18ClNO4S. The van der Waals surface area contributed by atoms with Crippen LogP contribution in [0.1, 0.15) is 18.9 Å². The molecule has 0 atom stereocenters. The molecule has 0 heterocycles. The number of halogens is 1. The van der Waals surface area contributed by atoms with Gasteiger partial charge in [-0.25, -0.2) is 13.1 Å². The van der Waals surface area contributed by atoms with Crippen molar-refractivity contribution in [3.8, 4) is 0 Å². The Morgan fingerprint density at radius 1 is 1.32 bits per heavy atom. The normalized spacial score (nSPS) is 12.7. The van der Waals surface area contributed by atoms with Crippen molar-refractivity contribution in [1.82, 2.24) is 4.72 Å². The molecule has 0 saturated carbocycles. The third-order valence-electron chi connectivity index (χ3n) is 3.01. The largest absolute Gasteiger partial charge is 0.394 e. The van der Waals surface area contributed by atoms with Gasteiger partial charge >= 0.3 is 0 Å². The molecule has 1 rings (SSSR count). The second-order valence-corrected chi connectivity index (χ2v) is 6.55. The van der Waals surface area contributed by atoms with E-state index in [1.807, 2.05) is 0 Å². The van der Waals surface area contributed by atoms with Gasteiger partial charge in [0.2, 0.25) is 10.0 Å². The molecule has 0 aromatic heterocycles. The summed E-state index contributed by atoms with van der Waals surface area (Å²) >= 11 is 5.93. The minimum atomic E-state index is -3.90. The predicted molar refractivity (Wildman–Crippen MR) is 73.7 cm³/mol. The Bertz CT molecular complexity index is 532. The van der Waals surface area contributed by atoms with Crippen molar-refractivity contribution in [3.63, 3.8) is 0 Å². The monoisotopic (exact) mass is 307 g/mol. The number of hydrogen-bond acceptors (Lipinski definition) is 4. The number of rotatable bonds is 6. The van der Waals surface area contributed by atoms with Crippen LogP contribution in [0.5, 0.6) is 0 Å². The summed E-state index contributed by atoms with van der Waals surface area (Å²) in [6.07, 6.45) is 0.253. The molecule has 0 aliphatic rings. The van der Waals surface area contributed by atoms with Crippen LogP contribution in [0.15, 0.2) is 23.1 Å². The molecule has 1 aromatic carbocycles. The van der Waals surface area contributed by atoms with Crippen molar-refractivity contribution in [3.05, 3.63) is 28.8 Å². The Balaban J connectivity index is 3.17. The summed E-state index contributed by atoms with van der Waals surface area (Å²) in [4.78, 5) is -0.0699. The number of nitrogens with one attached hydrogen (secondary N) is 1. The van der Waals surface area contributed by atoms with Crippen molar-refractivity contribution in [2.45, 2.75) is 30.7 Å². The van der Waals surface area contributed by atoms with Crippen LogP contribution in [0.2, 0.25) is 5.02 Å². The smallest absolute Gasteiger partial charge is 0.242 e. The summed E-state index contributed by atoms with van der Waals surface area (Å²) in [5.41, 5.74) is -0.442. The van der Waals surface area contributed by atoms with E-state index in [9.17, 15) is 18.6 Å². The lowest BCUT2D eigenvalue weighted by Crippen LogP contribution is -2.53. The van der Waals surface area contributed by atoms with Crippen molar-refractivity contribution in [2.75, 3.05) is 13.2 Å². The molecule has 0 aliphatic heterocycles. The first-order chi connectivity index (χ1) is 8.80. The Morgan fingerprint density at radius 2 is 1.89 bits per heavy atom. The molecule has 0 saturated heterocycles. The van der Waals surface area contributed by atoms with Gasteiger partial charge in [-0.2, -0.15) is 0 Å². The van der Waals surface area contributed by atoms with Crippen LogP contribution in [0, 0.1) is 6.92 Å². The number of benzene rings is 1. The van der Waals surface area contributed by atoms with Gasteiger partial charge in [0.1, 0.15) is 4.90 Å². The molecule has 108 valence electrons. The quantitative estimate of drug-likeness (QED) is 0.733. The topological polar surface area (TPSA) is 86.6 Å². The van der Waals surface area contributed by atoms with E-state index in [-0.39, 0.29) is 16.3 Å². The van der Waals surface area contributed by atoms with Crippen molar-refractivity contribution >= 4 is 21.6 Å². The van der Waals surface area contributed by atoms with Crippen molar-refractivity contribution in [1.29, 1.82) is 0 Å². The first kappa shape index (κ1) is 16.4. The third-order valence-corrected chi connectivity index (χ3v) is 5.07. The average molecular weight is 308 g/mol. The second-order valence-electron chi connectivity index (χ2n) is 4.49. The zero-order valence-corrected chi connectivity index (χ0v) is 12.4. The fourth-order valence-corrected chi connectivity index (χ4v) is 3.63. The van der Waals surface area contributed by atoms with Gasteiger partial charge in [0.25, 0.3) is 0 Å². The highest BCUT2D eigenvalue weighted by molar-refractivity contribution is 7.89. The second kappa shape index (κ2) is 6.19. The highest BCUT2D eigenvalue weighted by Gasteiger charge is 2.33. The summed E-state index contributed by atoms with van der Waals surface area (Å²) in [5, 5.41) is 18.7. The Hall–Kier alpha value is -0.660. The number of sulfonamides is 1. The Labute approximate surface area is 118 Å². The maximum Gasteiger partial charge on any atom is 0.242 e. The fraction of sp³-hybridized carbons (Fsp3) is 0.500. The molecule has 0 amide bonds. The van der Waals surface area contributed by atoms with Crippen LogP contribution >= 0.6 is 11.6 Å². The minimum absolute atomic E-state index is 0.0699. The summed E-state index contributed by atoms with van der Waals surface area (Å²) < 4.78 is 26.8. The SMILES string of the molecule is CCC(CO)(CO)NS(=O)(=O)c1ccc(C)cc1Cl. The lowest BCUT2D eigenvalue weighted by Gasteiger charge is -2.29. The standard InChI is InChI=1S/C12H18ClNO4S/c1-3-12(7-15,8-16)14-19(17,18)11-5-4-9(2)6-10(11)13/h4-6,14-16H,3,7-8H2,1-2H3. The van der Waals surface area contributed by atoms with E-state index in [4.69, 9.17) is 11.6 Å². The first-order valence-electron chi connectivity index (χ1n) is 5.82. The molecule has 0 bridgehead atoms. The predicted octanol–water partition coefficient (Wildman–Crippen LogP) is 1.06.